The summed E-state index contributed by atoms with van der Waals surface area (Å²) in [7, 11) is 0. The molecule has 4 rings (SSSR count). The van der Waals surface area contributed by atoms with Gasteiger partial charge < -0.3 is 4.57 Å². The van der Waals surface area contributed by atoms with E-state index in [2.05, 4.69) is 5.32 Å². The van der Waals surface area contributed by atoms with Crippen molar-refractivity contribution in [1.82, 2.24) is 9.88 Å². The Balaban J connectivity index is 1.79. The fourth-order valence-corrected chi connectivity index (χ4v) is 4.19. The van der Waals surface area contributed by atoms with Crippen molar-refractivity contribution in [3.8, 4) is 5.69 Å². The number of nitrogens with zero attached hydrogens (tertiary/aromatic N) is 2. The highest BCUT2D eigenvalue weighted by Gasteiger charge is 2.37. The van der Waals surface area contributed by atoms with Crippen LogP contribution in [0.4, 0.5) is 10.5 Å². The van der Waals surface area contributed by atoms with Crippen molar-refractivity contribution in [2.24, 2.45) is 0 Å². The lowest BCUT2D eigenvalue weighted by atomic mass is 10.0. The van der Waals surface area contributed by atoms with Gasteiger partial charge in [-0.25, -0.2) is 9.69 Å². The van der Waals surface area contributed by atoms with Crippen LogP contribution in [0.3, 0.4) is 0 Å². The van der Waals surface area contributed by atoms with Gasteiger partial charge in [0, 0.05) is 22.1 Å². The van der Waals surface area contributed by atoms with Crippen LogP contribution in [0.1, 0.15) is 29.4 Å². The highest BCUT2D eigenvalue weighted by atomic mass is 35.5. The van der Waals surface area contributed by atoms with E-state index in [0.29, 0.717) is 22.7 Å². The molecule has 1 aliphatic heterocycles. The molecule has 0 atom stereocenters. The average Bonchev–Trinajstić information content (AvgIpc) is 3.04. The number of nitrogens with one attached hydrogen (secondary N) is 1. The van der Waals surface area contributed by atoms with Gasteiger partial charge in [0.05, 0.1) is 5.69 Å². The van der Waals surface area contributed by atoms with Gasteiger partial charge in [0.25, 0.3) is 11.8 Å². The molecule has 2 heterocycles. The molecular formula is C25H22ClN3O3. The molecule has 3 aromatic rings. The van der Waals surface area contributed by atoms with Crippen molar-refractivity contribution < 1.29 is 14.4 Å². The maximum absolute atomic E-state index is 13.3. The first-order chi connectivity index (χ1) is 15.3. The number of amides is 4. The molecule has 0 bridgehead atoms. The zero-order valence-electron chi connectivity index (χ0n) is 18.0. The summed E-state index contributed by atoms with van der Waals surface area (Å²) in [6.07, 6.45) is 2.18. The summed E-state index contributed by atoms with van der Waals surface area (Å²) in [5, 5.41) is 2.91. The average molecular weight is 448 g/mol. The van der Waals surface area contributed by atoms with E-state index in [1.165, 1.54) is 6.08 Å². The van der Waals surface area contributed by atoms with Crippen LogP contribution in [0, 0.1) is 13.8 Å². The minimum atomic E-state index is -0.748. The summed E-state index contributed by atoms with van der Waals surface area (Å²) in [4.78, 5) is 39.5. The van der Waals surface area contributed by atoms with Crippen molar-refractivity contribution >= 4 is 41.2 Å². The van der Waals surface area contributed by atoms with E-state index >= 15 is 0 Å². The third-order valence-electron chi connectivity index (χ3n) is 5.55. The topological polar surface area (TPSA) is 71.4 Å². The maximum Gasteiger partial charge on any atom is 0.335 e. The molecule has 2 aromatic carbocycles. The van der Waals surface area contributed by atoms with Crippen LogP contribution in [-0.4, -0.2) is 22.4 Å². The third kappa shape index (κ3) is 3.74. The minimum absolute atomic E-state index is 0.0955. The molecule has 0 unspecified atom stereocenters. The molecule has 1 fully saturated rings. The van der Waals surface area contributed by atoms with E-state index < -0.39 is 17.8 Å². The third-order valence-corrected chi connectivity index (χ3v) is 5.79. The lowest BCUT2D eigenvalue weighted by molar-refractivity contribution is -0.122. The quantitative estimate of drug-likeness (QED) is 0.453. The molecule has 0 saturated carbocycles. The zero-order valence-corrected chi connectivity index (χ0v) is 18.7. The number of para-hydroxylation sites is 1. The minimum Gasteiger partial charge on any atom is -0.318 e. The monoisotopic (exact) mass is 447 g/mol. The molecule has 1 N–H and O–H groups in total. The molecule has 0 radical (unpaired) electrons. The van der Waals surface area contributed by atoms with E-state index in [1.807, 2.05) is 61.7 Å². The summed E-state index contributed by atoms with van der Waals surface area (Å²) in [6.45, 7) is 5.78. The van der Waals surface area contributed by atoms with Crippen molar-refractivity contribution in [3.05, 3.63) is 87.7 Å². The first kappa shape index (κ1) is 21.6. The van der Waals surface area contributed by atoms with Crippen LogP contribution in [-0.2, 0) is 16.0 Å². The fourth-order valence-electron chi connectivity index (χ4n) is 4.01. The number of carbonyl (C=O) groups is 3. The van der Waals surface area contributed by atoms with Gasteiger partial charge in [-0.1, -0.05) is 42.8 Å². The summed E-state index contributed by atoms with van der Waals surface area (Å²) in [5.74, 6) is -1.36. The normalized spacial score (nSPS) is 15.4. The molecule has 7 heteroatoms. The number of aromatic nitrogens is 1. The smallest absolute Gasteiger partial charge is 0.318 e. The number of benzene rings is 2. The molecule has 1 aromatic heterocycles. The lowest BCUT2D eigenvalue weighted by Crippen LogP contribution is -2.54. The number of carbonyl (C=O) groups excluding carboxylic acids is 3. The molecule has 162 valence electrons. The summed E-state index contributed by atoms with van der Waals surface area (Å²) >= 11 is 6.15. The molecule has 0 spiro atoms. The molecule has 1 saturated heterocycles. The highest BCUT2D eigenvalue weighted by Crippen LogP contribution is 2.28. The van der Waals surface area contributed by atoms with Crippen LogP contribution in [0.5, 0.6) is 0 Å². The van der Waals surface area contributed by atoms with Gasteiger partial charge in [0.15, 0.2) is 0 Å². The molecule has 4 amide bonds. The molecule has 1 aliphatic rings. The Morgan fingerprint density at radius 3 is 2.47 bits per heavy atom. The van der Waals surface area contributed by atoms with Gasteiger partial charge in [-0.2, -0.15) is 0 Å². The Bertz CT molecular complexity index is 1290. The SMILES string of the molecule is CCc1ccccc1N1C(=O)NC(=O)C(=Cc2cc(C)n(-c3cccc(Cl)c3)c2C)C1=O. The number of halogens is 1. The number of anilines is 1. The lowest BCUT2D eigenvalue weighted by Gasteiger charge is -2.28. The van der Waals surface area contributed by atoms with Gasteiger partial charge in [0.2, 0.25) is 0 Å². The highest BCUT2D eigenvalue weighted by molar-refractivity contribution is 6.39. The van der Waals surface area contributed by atoms with E-state index in [4.69, 9.17) is 11.6 Å². The molecule has 0 aliphatic carbocycles. The number of aryl methyl sites for hydroxylation is 2. The van der Waals surface area contributed by atoms with Crippen LogP contribution in [0.2, 0.25) is 5.02 Å². The number of barbiturate groups is 1. The first-order valence-electron chi connectivity index (χ1n) is 10.3. The Morgan fingerprint density at radius 2 is 1.75 bits per heavy atom. The summed E-state index contributed by atoms with van der Waals surface area (Å²) < 4.78 is 2.00. The van der Waals surface area contributed by atoms with E-state index in [9.17, 15) is 14.4 Å². The van der Waals surface area contributed by atoms with E-state index in [1.54, 1.807) is 18.2 Å². The van der Waals surface area contributed by atoms with Crippen LogP contribution >= 0.6 is 11.6 Å². The number of hydrogen-bond donors (Lipinski definition) is 1. The second-order valence-corrected chi connectivity index (χ2v) is 8.02. The fraction of sp³-hybridized carbons (Fsp3) is 0.160. The van der Waals surface area contributed by atoms with Crippen molar-refractivity contribution in [1.29, 1.82) is 0 Å². The molecular weight excluding hydrogens is 426 g/mol. The van der Waals surface area contributed by atoms with E-state index in [-0.39, 0.29) is 5.57 Å². The van der Waals surface area contributed by atoms with Gasteiger partial charge >= 0.3 is 6.03 Å². The Morgan fingerprint density at radius 1 is 1.00 bits per heavy atom. The van der Waals surface area contributed by atoms with Crippen molar-refractivity contribution in [3.63, 3.8) is 0 Å². The summed E-state index contributed by atoms with van der Waals surface area (Å²) in [6, 6.07) is 15.8. The Labute approximate surface area is 191 Å². The maximum atomic E-state index is 13.3. The number of imide groups is 2. The number of rotatable bonds is 4. The Hall–Kier alpha value is -3.64. The summed E-state index contributed by atoms with van der Waals surface area (Å²) in [5.41, 5.74) is 4.56. The Kier molecular flexibility index (Phi) is 5.72. The van der Waals surface area contributed by atoms with Gasteiger partial charge in [-0.15, -0.1) is 0 Å². The van der Waals surface area contributed by atoms with Gasteiger partial charge in [-0.05, 0) is 67.8 Å². The predicted molar refractivity (Wildman–Crippen MR) is 125 cm³/mol. The van der Waals surface area contributed by atoms with E-state index in [0.717, 1.165) is 27.5 Å². The van der Waals surface area contributed by atoms with Crippen molar-refractivity contribution in [2.75, 3.05) is 4.90 Å². The van der Waals surface area contributed by atoms with Gasteiger partial charge in [-0.3, -0.25) is 14.9 Å². The standard InChI is InChI=1S/C25H22ClN3O3/c1-4-17-8-5-6-11-22(17)29-24(31)21(23(30)27-25(29)32)13-18-12-15(2)28(16(18)3)20-10-7-9-19(26)14-20/h5-14H,4H2,1-3H3,(H,27,30,32). The van der Waals surface area contributed by atoms with Crippen molar-refractivity contribution in [2.45, 2.75) is 27.2 Å². The molecule has 32 heavy (non-hydrogen) atoms. The largest absolute Gasteiger partial charge is 0.335 e. The number of hydrogen-bond acceptors (Lipinski definition) is 3. The first-order valence-corrected chi connectivity index (χ1v) is 10.6. The zero-order chi connectivity index (χ0) is 23.0. The van der Waals surface area contributed by atoms with Crippen LogP contribution in [0.25, 0.3) is 11.8 Å². The second-order valence-electron chi connectivity index (χ2n) is 7.58. The van der Waals surface area contributed by atoms with Crippen LogP contribution < -0.4 is 10.2 Å². The van der Waals surface area contributed by atoms with Crippen LogP contribution in [0.15, 0.2) is 60.2 Å². The number of urea groups is 1. The molecule has 6 nitrogen and oxygen atoms in total. The van der Waals surface area contributed by atoms with Gasteiger partial charge in [0.1, 0.15) is 5.57 Å². The second kappa shape index (κ2) is 8.48. The predicted octanol–water partition coefficient (Wildman–Crippen LogP) is 4.98.